The van der Waals surface area contributed by atoms with E-state index in [-0.39, 0.29) is 0 Å². The van der Waals surface area contributed by atoms with Crippen LogP contribution in [0.15, 0.2) is 24.4 Å². The summed E-state index contributed by atoms with van der Waals surface area (Å²) in [6, 6.07) is 6.33. The number of hydrogen-bond donors (Lipinski definition) is 1. The van der Waals surface area contributed by atoms with E-state index >= 15 is 0 Å². The molecule has 0 unspecified atom stereocenters. The molecule has 4 heteroatoms. The van der Waals surface area contributed by atoms with Gasteiger partial charge in [-0.05, 0) is 18.6 Å². The molecule has 0 spiro atoms. The zero-order valence-electron chi connectivity index (χ0n) is 8.40. The van der Waals surface area contributed by atoms with Gasteiger partial charge in [0.15, 0.2) is 4.96 Å². The van der Waals surface area contributed by atoms with Crippen LogP contribution in [0.2, 0.25) is 0 Å². The average molecular weight is 217 g/mol. The van der Waals surface area contributed by atoms with Gasteiger partial charge in [0, 0.05) is 12.7 Å². The number of thiazole rings is 1. The maximum Gasteiger partial charge on any atom is 0.194 e. The predicted octanol–water partition coefficient (Wildman–Crippen LogP) is 2.32. The van der Waals surface area contributed by atoms with Gasteiger partial charge in [-0.25, -0.2) is 4.98 Å². The van der Waals surface area contributed by atoms with Gasteiger partial charge < -0.3 is 5.73 Å². The highest BCUT2D eigenvalue weighted by Gasteiger charge is 2.09. The minimum Gasteiger partial charge on any atom is -0.325 e. The van der Waals surface area contributed by atoms with Gasteiger partial charge in [-0.15, -0.1) is 0 Å². The number of hydrogen-bond acceptors (Lipinski definition) is 3. The SMILES string of the molecule is Cc1cccc2sc3nc(CN)cn3c12. The van der Waals surface area contributed by atoms with Gasteiger partial charge in [0.2, 0.25) is 0 Å². The third-order valence-corrected chi connectivity index (χ3v) is 3.60. The first-order valence-electron chi connectivity index (χ1n) is 4.86. The molecule has 15 heavy (non-hydrogen) atoms. The molecule has 76 valence electrons. The molecule has 0 aliphatic heterocycles. The third kappa shape index (κ3) is 1.19. The van der Waals surface area contributed by atoms with Crippen LogP contribution in [0.25, 0.3) is 15.2 Å². The highest BCUT2D eigenvalue weighted by molar-refractivity contribution is 7.23. The van der Waals surface area contributed by atoms with Gasteiger partial charge in [-0.3, -0.25) is 4.40 Å². The molecule has 0 fully saturated rings. The molecule has 0 aliphatic rings. The molecule has 3 aromatic rings. The van der Waals surface area contributed by atoms with Crippen molar-refractivity contribution < 1.29 is 0 Å². The lowest BCUT2D eigenvalue weighted by atomic mass is 10.2. The Morgan fingerprint density at radius 1 is 1.47 bits per heavy atom. The van der Waals surface area contributed by atoms with Crippen LogP contribution in [0.1, 0.15) is 11.3 Å². The molecule has 3 nitrogen and oxygen atoms in total. The van der Waals surface area contributed by atoms with Crippen molar-refractivity contribution in [2.45, 2.75) is 13.5 Å². The van der Waals surface area contributed by atoms with E-state index in [0.29, 0.717) is 6.54 Å². The lowest BCUT2D eigenvalue weighted by Crippen LogP contribution is -1.95. The van der Waals surface area contributed by atoms with E-state index in [4.69, 9.17) is 5.73 Å². The second kappa shape index (κ2) is 3.05. The van der Waals surface area contributed by atoms with Crippen molar-refractivity contribution >= 4 is 26.5 Å². The standard InChI is InChI=1S/C11H11N3S/c1-7-3-2-4-9-10(7)14-6-8(5-12)13-11(14)15-9/h2-4,6H,5,12H2,1H3. The molecular formula is C11H11N3S. The Kier molecular flexibility index (Phi) is 1.81. The first-order valence-corrected chi connectivity index (χ1v) is 5.67. The highest BCUT2D eigenvalue weighted by Crippen LogP contribution is 2.28. The summed E-state index contributed by atoms with van der Waals surface area (Å²) in [6.45, 7) is 2.62. The first-order chi connectivity index (χ1) is 7.29. The Balaban J connectivity index is 2.48. The van der Waals surface area contributed by atoms with Gasteiger partial charge in [0.25, 0.3) is 0 Å². The number of rotatable bonds is 1. The minimum absolute atomic E-state index is 0.502. The number of fused-ring (bicyclic) bond motifs is 3. The lowest BCUT2D eigenvalue weighted by Gasteiger charge is -1.95. The maximum absolute atomic E-state index is 5.58. The summed E-state index contributed by atoms with van der Waals surface area (Å²) in [7, 11) is 0. The minimum atomic E-state index is 0.502. The van der Waals surface area contributed by atoms with Crippen molar-refractivity contribution in [1.82, 2.24) is 9.38 Å². The van der Waals surface area contributed by atoms with Gasteiger partial charge in [-0.2, -0.15) is 0 Å². The molecule has 0 radical (unpaired) electrons. The number of nitrogens with zero attached hydrogens (tertiary/aromatic N) is 2. The molecular weight excluding hydrogens is 206 g/mol. The quantitative estimate of drug-likeness (QED) is 0.679. The Bertz CT molecular complexity index is 636. The summed E-state index contributed by atoms with van der Waals surface area (Å²) in [5.41, 5.74) is 9.07. The first kappa shape index (κ1) is 8.88. The van der Waals surface area contributed by atoms with E-state index < -0.39 is 0 Å². The van der Waals surface area contributed by atoms with Gasteiger partial charge in [-0.1, -0.05) is 23.5 Å². The number of para-hydroxylation sites is 1. The lowest BCUT2D eigenvalue weighted by molar-refractivity contribution is 1.02. The molecule has 2 N–H and O–H groups in total. The van der Waals surface area contributed by atoms with E-state index in [1.54, 1.807) is 11.3 Å². The molecule has 0 atom stereocenters. The smallest absolute Gasteiger partial charge is 0.194 e. The number of nitrogens with two attached hydrogens (primary N) is 1. The normalized spacial score (nSPS) is 11.6. The molecule has 0 aliphatic carbocycles. The number of aryl methyl sites for hydroxylation is 1. The van der Waals surface area contributed by atoms with Crippen LogP contribution in [-0.4, -0.2) is 9.38 Å². The molecule has 0 bridgehead atoms. The summed E-state index contributed by atoms with van der Waals surface area (Å²) in [5.74, 6) is 0. The van der Waals surface area contributed by atoms with Crippen molar-refractivity contribution in [2.75, 3.05) is 0 Å². The van der Waals surface area contributed by atoms with Crippen molar-refractivity contribution in [3.8, 4) is 0 Å². The summed E-state index contributed by atoms with van der Waals surface area (Å²) >= 11 is 1.71. The van der Waals surface area contributed by atoms with E-state index in [2.05, 4.69) is 34.5 Å². The van der Waals surface area contributed by atoms with Crippen LogP contribution >= 0.6 is 11.3 Å². The molecule has 0 saturated heterocycles. The topological polar surface area (TPSA) is 43.3 Å². The van der Waals surface area contributed by atoms with Crippen molar-refractivity contribution in [2.24, 2.45) is 5.73 Å². The molecule has 1 aromatic carbocycles. The summed E-state index contributed by atoms with van der Waals surface area (Å²) in [6.07, 6.45) is 2.03. The fourth-order valence-corrected chi connectivity index (χ4v) is 2.97. The van der Waals surface area contributed by atoms with E-state index in [9.17, 15) is 0 Å². The predicted molar refractivity (Wildman–Crippen MR) is 63.2 cm³/mol. The van der Waals surface area contributed by atoms with E-state index in [0.717, 1.165) is 10.7 Å². The van der Waals surface area contributed by atoms with Crippen molar-refractivity contribution in [3.63, 3.8) is 0 Å². The third-order valence-electron chi connectivity index (χ3n) is 2.58. The second-order valence-corrected chi connectivity index (χ2v) is 4.62. The Morgan fingerprint density at radius 2 is 2.33 bits per heavy atom. The number of imidazole rings is 1. The van der Waals surface area contributed by atoms with E-state index in [1.165, 1.54) is 15.8 Å². The van der Waals surface area contributed by atoms with Crippen LogP contribution < -0.4 is 5.73 Å². The van der Waals surface area contributed by atoms with Crippen LogP contribution in [0, 0.1) is 6.92 Å². The van der Waals surface area contributed by atoms with E-state index in [1.807, 2.05) is 6.20 Å². The molecule has 0 saturated carbocycles. The summed E-state index contributed by atoms with van der Waals surface area (Å²) in [4.78, 5) is 5.49. The molecule has 2 aromatic heterocycles. The maximum atomic E-state index is 5.58. The fraction of sp³-hybridized carbons (Fsp3) is 0.182. The van der Waals surface area contributed by atoms with Gasteiger partial charge >= 0.3 is 0 Å². The van der Waals surface area contributed by atoms with Crippen LogP contribution in [-0.2, 0) is 6.54 Å². The van der Waals surface area contributed by atoms with Crippen molar-refractivity contribution in [3.05, 3.63) is 35.7 Å². The van der Waals surface area contributed by atoms with Crippen LogP contribution in [0.5, 0.6) is 0 Å². The highest BCUT2D eigenvalue weighted by atomic mass is 32.1. The fourth-order valence-electron chi connectivity index (χ4n) is 1.86. The summed E-state index contributed by atoms with van der Waals surface area (Å²) < 4.78 is 3.42. The zero-order chi connectivity index (χ0) is 10.4. The van der Waals surface area contributed by atoms with Gasteiger partial charge in [0.05, 0.1) is 15.9 Å². The number of aromatic nitrogens is 2. The largest absolute Gasteiger partial charge is 0.325 e. The Hall–Kier alpha value is -1.39. The Morgan fingerprint density at radius 3 is 3.13 bits per heavy atom. The molecule has 3 rings (SSSR count). The second-order valence-electron chi connectivity index (χ2n) is 3.61. The Labute approximate surface area is 91.2 Å². The molecule has 0 amide bonds. The van der Waals surface area contributed by atoms with Crippen molar-refractivity contribution in [1.29, 1.82) is 0 Å². The molecule has 2 heterocycles. The summed E-state index contributed by atoms with van der Waals surface area (Å²) in [5, 5.41) is 0. The number of benzene rings is 1. The van der Waals surface area contributed by atoms with Crippen LogP contribution in [0.4, 0.5) is 0 Å². The van der Waals surface area contributed by atoms with Gasteiger partial charge in [0.1, 0.15) is 0 Å². The van der Waals surface area contributed by atoms with Crippen LogP contribution in [0.3, 0.4) is 0 Å². The zero-order valence-corrected chi connectivity index (χ0v) is 9.21. The monoisotopic (exact) mass is 217 g/mol. The average Bonchev–Trinajstić information content (AvgIpc) is 2.73.